The van der Waals surface area contributed by atoms with Gasteiger partial charge in [-0.25, -0.2) is 4.39 Å². The molecule has 1 saturated carbocycles. The number of ether oxygens (including phenoxy) is 1. The molecule has 164 valence electrons. The van der Waals surface area contributed by atoms with Crippen LogP contribution in [0.5, 0.6) is 5.75 Å². The van der Waals surface area contributed by atoms with Crippen LogP contribution >= 0.6 is 0 Å². The van der Waals surface area contributed by atoms with Gasteiger partial charge in [0.1, 0.15) is 11.6 Å². The van der Waals surface area contributed by atoms with Gasteiger partial charge < -0.3 is 14.5 Å². The van der Waals surface area contributed by atoms with Crippen molar-refractivity contribution in [1.29, 1.82) is 0 Å². The molecule has 3 aliphatic rings. The van der Waals surface area contributed by atoms with Crippen LogP contribution in [0.1, 0.15) is 57.8 Å². The molecule has 0 aromatic heterocycles. The summed E-state index contributed by atoms with van der Waals surface area (Å²) in [6.07, 6.45) is 9.71. The van der Waals surface area contributed by atoms with Crippen LogP contribution in [0.25, 0.3) is 0 Å². The minimum Gasteiger partial charge on any atom is -0.484 e. The van der Waals surface area contributed by atoms with Gasteiger partial charge in [-0.2, -0.15) is 0 Å². The highest BCUT2D eigenvalue weighted by Gasteiger charge is 2.47. The Morgan fingerprint density at radius 1 is 0.967 bits per heavy atom. The third-order valence-corrected chi connectivity index (χ3v) is 7.36. The topological polar surface area (TPSA) is 49.9 Å². The van der Waals surface area contributed by atoms with E-state index in [0.717, 1.165) is 58.3 Å². The Kier molecular flexibility index (Phi) is 6.59. The lowest BCUT2D eigenvalue weighted by Crippen LogP contribution is -2.36. The summed E-state index contributed by atoms with van der Waals surface area (Å²) in [6, 6.07) is 5.75. The fraction of sp³-hybridized carbons (Fsp3) is 0.667. The molecule has 0 N–H and O–H groups in total. The van der Waals surface area contributed by atoms with Crippen molar-refractivity contribution in [3.05, 3.63) is 30.1 Å². The standard InChI is InChI=1S/C24H33FN2O3/c25-20-7-9-21(10-8-20)30-17-23(29)27-16-19(24(18-27)12-2-1-3-13-24)6-11-22(28)26-14-4-5-15-26/h7-10,19H,1-6,11-18H2. The normalized spacial score (nSPS) is 23.2. The van der Waals surface area contributed by atoms with E-state index in [2.05, 4.69) is 0 Å². The Bertz CT molecular complexity index is 739. The van der Waals surface area contributed by atoms with E-state index in [1.165, 1.54) is 31.4 Å². The lowest BCUT2D eigenvalue weighted by Gasteiger charge is -2.38. The van der Waals surface area contributed by atoms with E-state index in [0.29, 0.717) is 18.1 Å². The van der Waals surface area contributed by atoms with Gasteiger partial charge in [0.05, 0.1) is 0 Å². The molecule has 1 aromatic rings. The zero-order valence-corrected chi connectivity index (χ0v) is 17.8. The summed E-state index contributed by atoms with van der Waals surface area (Å²) < 4.78 is 18.6. The second-order valence-corrected chi connectivity index (χ2v) is 9.26. The molecule has 1 spiro atoms. The van der Waals surface area contributed by atoms with Crippen molar-refractivity contribution < 1.29 is 18.7 Å². The van der Waals surface area contributed by atoms with Gasteiger partial charge in [0, 0.05) is 32.6 Å². The van der Waals surface area contributed by atoms with Crippen molar-refractivity contribution >= 4 is 11.8 Å². The molecule has 2 heterocycles. The molecule has 3 fully saturated rings. The summed E-state index contributed by atoms with van der Waals surface area (Å²) in [5.41, 5.74) is 0.162. The molecule has 0 radical (unpaired) electrons. The highest BCUT2D eigenvalue weighted by atomic mass is 19.1. The van der Waals surface area contributed by atoms with Crippen LogP contribution in [0.2, 0.25) is 0 Å². The van der Waals surface area contributed by atoms with E-state index in [1.807, 2.05) is 9.80 Å². The molecule has 1 unspecified atom stereocenters. The summed E-state index contributed by atoms with van der Waals surface area (Å²) in [5.74, 6) is 0.836. The number of amides is 2. The highest BCUT2D eigenvalue weighted by Crippen LogP contribution is 2.49. The molecule has 4 rings (SSSR count). The molecule has 0 bridgehead atoms. The number of carbonyl (C=O) groups excluding carboxylic acids is 2. The predicted molar refractivity (Wildman–Crippen MR) is 113 cm³/mol. The second-order valence-electron chi connectivity index (χ2n) is 9.26. The van der Waals surface area contributed by atoms with Crippen molar-refractivity contribution in [2.24, 2.45) is 11.3 Å². The van der Waals surface area contributed by atoms with Crippen molar-refractivity contribution in [3.63, 3.8) is 0 Å². The Hall–Kier alpha value is -2.11. The summed E-state index contributed by atoms with van der Waals surface area (Å²) >= 11 is 0. The van der Waals surface area contributed by atoms with Crippen LogP contribution in [0.4, 0.5) is 4.39 Å². The minimum atomic E-state index is -0.321. The molecular formula is C24H33FN2O3. The first-order valence-corrected chi connectivity index (χ1v) is 11.5. The average Bonchev–Trinajstić information content (AvgIpc) is 3.41. The Morgan fingerprint density at radius 2 is 1.67 bits per heavy atom. The molecule has 2 saturated heterocycles. The van der Waals surface area contributed by atoms with Gasteiger partial charge in [0.15, 0.2) is 6.61 Å². The van der Waals surface area contributed by atoms with Crippen molar-refractivity contribution in [2.45, 2.75) is 57.8 Å². The quantitative estimate of drug-likeness (QED) is 0.704. The summed E-state index contributed by atoms with van der Waals surface area (Å²) in [7, 11) is 0. The van der Waals surface area contributed by atoms with Crippen LogP contribution in [-0.4, -0.2) is 54.4 Å². The number of likely N-dealkylation sites (tertiary alicyclic amines) is 2. The Labute approximate surface area is 178 Å². The molecule has 5 nitrogen and oxygen atoms in total. The van der Waals surface area contributed by atoms with E-state index in [4.69, 9.17) is 4.74 Å². The first-order chi connectivity index (χ1) is 14.6. The molecular weight excluding hydrogens is 383 g/mol. The van der Waals surface area contributed by atoms with Crippen LogP contribution in [0.15, 0.2) is 24.3 Å². The maximum atomic E-state index is 13.0. The van der Waals surface area contributed by atoms with Crippen LogP contribution in [0, 0.1) is 17.2 Å². The van der Waals surface area contributed by atoms with Crippen LogP contribution < -0.4 is 4.74 Å². The number of hydrogen-bond acceptors (Lipinski definition) is 3. The third kappa shape index (κ3) is 4.79. The van der Waals surface area contributed by atoms with Gasteiger partial charge in [-0.1, -0.05) is 19.3 Å². The average molecular weight is 417 g/mol. The smallest absolute Gasteiger partial charge is 0.260 e. The van der Waals surface area contributed by atoms with Crippen molar-refractivity contribution in [2.75, 3.05) is 32.8 Å². The van der Waals surface area contributed by atoms with Gasteiger partial charge in [-0.05, 0) is 67.7 Å². The zero-order valence-electron chi connectivity index (χ0n) is 17.8. The van der Waals surface area contributed by atoms with Gasteiger partial charge in [0.2, 0.25) is 5.91 Å². The number of benzene rings is 1. The highest BCUT2D eigenvalue weighted by molar-refractivity contribution is 5.78. The number of carbonyl (C=O) groups is 2. The molecule has 2 aliphatic heterocycles. The van der Waals surface area contributed by atoms with Crippen LogP contribution in [-0.2, 0) is 9.59 Å². The van der Waals surface area contributed by atoms with Crippen molar-refractivity contribution in [1.82, 2.24) is 9.80 Å². The molecule has 6 heteroatoms. The van der Waals surface area contributed by atoms with Gasteiger partial charge in [-0.15, -0.1) is 0 Å². The summed E-state index contributed by atoms with van der Waals surface area (Å²) in [4.78, 5) is 29.4. The van der Waals surface area contributed by atoms with E-state index >= 15 is 0 Å². The Balaban J connectivity index is 1.35. The molecule has 1 aliphatic carbocycles. The number of nitrogens with zero attached hydrogens (tertiary/aromatic N) is 2. The van der Waals surface area contributed by atoms with E-state index in [1.54, 1.807) is 12.1 Å². The third-order valence-electron chi connectivity index (χ3n) is 7.36. The van der Waals surface area contributed by atoms with E-state index in [9.17, 15) is 14.0 Å². The zero-order chi connectivity index (χ0) is 21.0. The first-order valence-electron chi connectivity index (χ1n) is 11.5. The monoisotopic (exact) mass is 416 g/mol. The maximum Gasteiger partial charge on any atom is 0.260 e. The fourth-order valence-electron chi connectivity index (χ4n) is 5.63. The molecule has 1 aromatic carbocycles. The van der Waals surface area contributed by atoms with E-state index in [-0.39, 0.29) is 29.7 Å². The Morgan fingerprint density at radius 3 is 2.37 bits per heavy atom. The molecule has 1 atom stereocenters. The number of rotatable bonds is 6. The van der Waals surface area contributed by atoms with Crippen LogP contribution in [0.3, 0.4) is 0 Å². The van der Waals surface area contributed by atoms with Gasteiger partial charge >= 0.3 is 0 Å². The molecule has 2 amide bonds. The number of halogens is 1. The summed E-state index contributed by atoms with van der Waals surface area (Å²) in [5, 5.41) is 0. The molecule has 30 heavy (non-hydrogen) atoms. The maximum absolute atomic E-state index is 13.0. The van der Waals surface area contributed by atoms with Gasteiger partial charge in [-0.3, -0.25) is 9.59 Å². The fourth-order valence-corrected chi connectivity index (χ4v) is 5.63. The van der Waals surface area contributed by atoms with Gasteiger partial charge in [0.25, 0.3) is 5.91 Å². The van der Waals surface area contributed by atoms with E-state index < -0.39 is 0 Å². The lowest BCUT2D eigenvalue weighted by molar-refractivity contribution is -0.132. The SMILES string of the molecule is O=C(CCC1CN(C(=O)COc2ccc(F)cc2)CC12CCCCC2)N1CCCC1. The minimum absolute atomic E-state index is 0.0161. The largest absolute Gasteiger partial charge is 0.484 e. The number of hydrogen-bond donors (Lipinski definition) is 0. The summed E-state index contributed by atoms with van der Waals surface area (Å²) in [6.45, 7) is 3.28. The first kappa shape index (κ1) is 21.1. The predicted octanol–water partition coefficient (Wildman–Crippen LogP) is 4.02. The van der Waals surface area contributed by atoms with Crippen molar-refractivity contribution in [3.8, 4) is 5.75 Å². The second kappa shape index (κ2) is 9.36. The lowest BCUT2D eigenvalue weighted by atomic mass is 9.66.